The van der Waals surface area contributed by atoms with Crippen molar-refractivity contribution in [1.82, 2.24) is 4.98 Å². The second-order valence-corrected chi connectivity index (χ2v) is 10.7. The van der Waals surface area contributed by atoms with Crippen molar-refractivity contribution < 1.29 is 23.7 Å². The Morgan fingerprint density at radius 1 is 1.17 bits per heavy atom. The lowest BCUT2D eigenvalue weighted by atomic mass is 9.81. The van der Waals surface area contributed by atoms with Crippen LogP contribution in [0.5, 0.6) is 0 Å². The van der Waals surface area contributed by atoms with Gasteiger partial charge in [-0.15, -0.1) is 11.3 Å². The van der Waals surface area contributed by atoms with Crippen LogP contribution in [-0.4, -0.2) is 33.4 Å². The molecule has 0 bridgehead atoms. The van der Waals surface area contributed by atoms with Gasteiger partial charge < -0.3 is 5.32 Å². The third-order valence-electron chi connectivity index (χ3n) is 6.21. The van der Waals surface area contributed by atoms with Gasteiger partial charge in [-0.25, -0.2) is 4.98 Å². The summed E-state index contributed by atoms with van der Waals surface area (Å²) in [6, 6.07) is 8.40. The van der Waals surface area contributed by atoms with Crippen molar-refractivity contribution in [2.24, 2.45) is 11.8 Å². The van der Waals surface area contributed by atoms with Crippen LogP contribution in [0.4, 0.5) is 21.5 Å². The van der Waals surface area contributed by atoms with E-state index >= 15 is 0 Å². The topological polar surface area (TPSA) is 123 Å². The van der Waals surface area contributed by atoms with E-state index in [4.69, 9.17) is 0 Å². The van der Waals surface area contributed by atoms with Gasteiger partial charge in [0.25, 0.3) is 0 Å². The van der Waals surface area contributed by atoms with Crippen molar-refractivity contribution >= 4 is 68.1 Å². The van der Waals surface area contributed by atoms with Gasteiger partial charge in [0.1, 0.15) is 0 Å². The quantitative estimate of drug-likeness (QED) is 0.218. The summed E-state index contributed by atoms with van der Waals surface area (Å²) < 4.78 is 14.9. The molecule has 1 saturated carbocycles. The van der Waals surface area contributed by atoms with Crippen molar-refractivity contribution in [3.8, 4) is 0 Å². The first-order valence-corrected chi connectivity index (χ1v) is 12.8. The van der Waals surface area contributed by atoms with E-state index in [9.17, 15) is 28.9 Å². The predicted molar refractivity (Wildman–Crippen MR) is 130 cm³/mol. The molecule has 0 spiro atoms. The van der Waals surface area contributed by atoms with Crippen LogP contribution >= 0.6 is 23.1 Å². The van der Waals surface area contributed by atoms with Gasteiger partial charge in [-0.2, -0.15) is 4.39 Å². The van der Waals surface area contributed by atoms with Crippen LogP contribution in [0.2, 0.25) is 0 Å². The molecule has 0 radical (unpaired) electrons. The lowest BCUT2D eigenvalue weighted by Crippen LogP contribution is -2.30. The van der Waals surface area contributed by atoms with Crippen molar-refractivity contribution in [3.05, 3.63) is 52.3 Å². The van der Waals surface area contributed by atoms with Gasteiger partial charge in [0.05, 0.1) is 38.4 Å². The summed E-state index contributed by atoms with van der Waals surface area (Å²) >= 11 is 2.52. The number of thiazole rings is 1. The molecule has 0 unspecified atom stereocenters. The maximum Gasteiger partial charge on any atom is 0.306 e. The second-order valence-electron chi connectivity index (χ2n) is 8.40. The minimum absolute atomic E-state index is 0.00961. The molecule has 2 atom stereocenters. The van der Waals surface area contributed by atoms with E-state index in [2.05, 4.69) is 10.3 Å². The van der Waals surface area contributed by atoms with Crippen LogP contribution in [0.1, 0.15) is 25.7 Å². The third kappa shape index (κ3) is 4.50. The molecule has 2 aliphatic rings. The fourth-order valence-electron chi connectivity index (χ4n) is 4.56. The Hall–Kier alpha value is -3.38. The number of thioether (sulfide) groups is 1. The summed E-state index contributed by atoms with van der Waals surface area (Å²) in [4.78, 5) is 53.9. The Labute approximate surface area is 206 Å². The average Bonchev–Trinajstić information content (AvgIpc) is 3.36. The molecule has 180 valence electrons. The molecule has 9 nitrogen and oxygen atoms in total. The zero-order chi connectivity index (χ0) is 24.7. The number of carbonyl (C=O) groups excluding carboxylic acids is 3. The lowest BCUT2D eigenvalue weighted by molar-refractivity contribution is -0.387. The molecule has 1 aliphatic carbocycles. The Morgan fingerprint density at radius 3 is 2.57 bits per heavy atom. The van der Waals surface area contributed by atoms with Gasteiger partial charge in [-0.05, 0) is 43.2 Å². The van der Waals surface area contributed by atoms with E-state index < -0.39 is 22.3 Å². The number of nitro groups is 1. The van der Waals surface area contributed by atoms with Crippen molar-refractivity contribution in [1.29, 1.82) is 0 Å². The molecular formula is C23H19FN4O5S2. The maximum atomic E-state index is 13.5. The van der Waals surface area contributed by atoms with E-state index in [-0.39, 0.29) is 35.1 Å². The molecule has 2 fully saturated rings. The molecule has 3 amide bonds. The van der Waals surface area contributed by atoms with Crippen LogP contribution in [0.25, 0.3) is 10.2 Å². The number of halogens is 1. The molecule has 35 heavy (non-hydrogen) atoms. The van der Waals surface area contributed by atoms with Crippen molar-refractivity contribution in [2.45, 2.75) is 30.0 Å². The zero-order valence-electron chi connectivity index (χ0n) is 18.2. The number of imide groups is 1. The minimum atomic E-state index is -0.979. The van der Waals surface area contributed by atoms with Crippen LogP contribution in [-0.2, 0) is 14.4 Å². The number of benzene rings is 2. The first-order valence-electron chi connectivity index (χ1n) is 11.0. The number of fused-ring (bicyclic) bond motifs is 2. The SMILES string of the molecule is O=C(CSc1nc2ccc(N3C(=O)[C@@H]4CCCC[C@H]4C3=O)cc2s1)Nc1ccc(F)c([N+](=O)[O-])c1. The number of nitro benzene ring substituents is 1. The summed E-state index contributed by atoms with van der Waals surface area (Å²) in [6.45, 7) is 0. The highest BCUT2D eigenvalue weighted by Crippen LogP contribution is 2.41. The number of aromatic nitrogens is 1. The summed E-state index contributed by atoms with van der Waals surface area (Å²) in [6.07, 6.45) is 3.44. The number of amides is 3. The largest absolute Gasteiger partial charge is 0.325 e. The van der Waals surface area contributed by atoms with E-state index in [1.54, 1.807) is 18.2 Å². The number of nitrogens with one attached hydrogen (secondary N) is 1. The van der Waals surface area contributed by atoms with Crippen LogP contribution in [0.3, 0.4) is 0 Å². The molecule has 1 aliphatic heterocycles. The predicted octanol–water partition coefficient (Wildman–Crippen LogP) is 4.75. The van der Waals surface area contributed by atoms with Gasteiger partial charge in [0, 0.05) is 11.8 Å². The normalized spacial score (nSPS) is 19.7. The molecule has 5 rings (SSSR count). The molecule has 2 aromatic carbocycles. The Morgan fingerprint density at radius 2 is 1.89 bits per heavy atom. The van der Waals surface area contributed by atoms with Gasteiger partial charge in [0.2, 0.25) is 23.5 Å². The number of hydrogen-bond donors (Lipinski definition) is 1. The van der Waals surface area contributed by atoms with E-state index in [1.165, 1.54) is 34.1 Å². The van der Waals surface area contributed by atoms with Gasteiger partial charge in [0.15, 0.2) is 4.34 Å². The number of carbonyl (C=O) groups is 3. The minimum Gasteiger partial charge on any atom is -0.325 e. The maximum absolute atomic E-state index is 13.5. The smallest absolute Gasteiger partial charge is 0.306 e. The second kappa shape index (κ2) is 9.34. The van der Waals surface area contributed by atoms with Gasteiger partial charge in [-0.3, -0.25) is 29.4 Å². The average molecular weight is 515 g/mol. The van der Waals surface area contributed by atoms with E-state index in [0.29, 0.717) is 15.5 Å². The Bertz CT molecular complexity index is 1350. The highest BCUT2D eigenvalue weighted by Gasteiger charge is 2.48. The first kappa shape index (κ1) is 23.4. The molecule has 2 heterocycles. The van der Waals surface area contributed by atoms with Crippen LogP contribution in [0.15, 0.2) is 40.7 Å². The standard InChI is InChI=1S/C23H19FN4O5S2/c24-16-7-5-12(9-18(16)28(32)33)25-20(29)11-34-23-26-17-8-6-13(10-19(17)35-23)27-21(30)14-3-1-2-4-15(14)22(27)31/h5-10,14-15H,1-4,11H2,(H,25,29)/t14-,15-/m1/s1. The summed E-state index contributed by atoms with van der Waals surface area (Å²) in [5.74, 6) is -2.11. The lowest BCUT2D eigenvalue weighted by Gasteiger charge is -2.19. The summed E-state index contributed by atoms with van der Waals surface area (Å²) in [7, 11) is 0. The number of nitrogens with zero attached hydrogens (tertiary/aromatic N) is 3. The number of hydrogen-bond acceptors (Lipinski definition) is 8. The summed E-state index contributed by atoms with van der Waals surface area (Å²) in [5.41, 5.74) is 0.634. The van der Waals surface area contributed by atoms with Crippen LogP contribution < -0.4 is 10.2 Å². The summed E-state index contributed by atoms with van der Waals surface area (Å²) in [5, 5.41) is 13.4. The third-order valence-corrected chi connectivity index (χ3v) is 8.37. The fourth-order valence-corrected chi connectivity index (χ4v) is 6.47. The van der Waals surface area contributed by atoms with E-state index in [1.807, 2.05) is 0 Å². The highest BCUT2D eigenvalue weighted by atomic mass is 32.2. The fraction of sp³-hybridized carbons (Fsp3) is 0.304. The molecule has 1 N–H and O–H groups in total. The van der Waals surface area contributed by atoms with Gasteiger partial charge in [-0.1, -0.05) is 24.6 Å². The number of rotatable bonds is 6. The molecule has 3 aromatic rings. The van der Waals surface area contributed by atoms with Crippen molar-refractivity contribution in [2.75, 3.05) is 16.0 Å². The first-order chi connectivity index (χ1) is 16.8. The molecular weight excluding hydrogens is 495 g/mol. The molecule has 1 aromatic heterocycles. The van der Waals surface area contributed by atoms with E-state index in [0.717, 1.165) is 42.5 Å². The van der Waals surface area contributed by atoms with Gasteiger partial charge >= 0.3 is 5.69 Å². The Kier molecular flexibility index (Phi) is 6.24. The monoisotopic (exact) mass is 514 g/mol. The Balaban J connectivity index is 1.26. The molecule has 12 heteroatoms. The van der Waals surface area contributed by atoms with Crippen LogP contribution in [0, 0.1) is 27.8 Å². The molecule has 1 saturated heterocycles. The van der Waals surface area contributed by atoms with Crippen molar-refractivity contribution in [3.63, 3.8) is 0 Å². The zero-order valence-corrected chi connectivity index (χ0v) is 19.9. The number of anilines is 2. The highest BCUT2D eigenvalue weighted by molar-refractivity contribution is 8.01.